The van der Waals surface area contributed by atoms with Crippen molar-refractivity contribution in [2.45, 2.75) is 39.7 Å². The van der Waals surface area contributed by atoms with Crippen molar-refractivity contribution in [3.63, 3.8) is 0 Å². The van der Waals surface area contributed by atoms with Crippen molar-refractivity contribution in [2.24, 2.45) is 17.6 Å². The number of rotatable bonds is 4. The summed E-state index contributed by atoms with van der Waals surface area (Å²) >= 11 is 6.44. The lowest BCUT2D eigenvalue weighted by Gasteiger charge is -2.25. The molecule has 2 rings (SSSR count). The third kappa shape index (κ3) is 3.43. The molecule has 0 bridgehead atoms. The van der Waals surface area contributed by atoms with E-state index < -0.39 is 0 Å². The molecule has 2 N–H and O–H groups in total. The van der Waals surface area contributed by atoms with Crippen LogP contribution in [0, 0.1) is 11.8 Å². The molecule has 1 saturated heterocycles. The smallest absolute Gasteiger partial charge is 0.0642 e. The second-order valence-corrected chi connectivity index (χ2v) is 6.57. The number of hydrogen-bond donors (Lipinski definition) is 1. The van der Waals surface area contributed by atoms with E-state index in [2.05, 4.69) is 24.8 Å². The highest BCUT2D eigenvalue weighted by Gasteiger charge is 2.27. The molecular formula is C16H25ClN2. The van der Waals surface area contributed by atoms with Crippen LogP contribution in [0.15, 0.2) is 18.2 Å². The Kier molecular flexibility index (Phi) is 4.75. The maximum absolute atomic E-state index is 6.44. The molecule has 2 unspecified atom stereocenters. The van der Waals surface area contributed by atoms with Gasteiger partial charge in [0, 0.05) is 19.1 Å². The van der Waals surface area contributed by atoms with Crippen LogP contribution in [-0.2, 0) is 6.42 Å². The Morgan fingerprint density at radius 3 is 2.68 bits per heavy atom. The maximum Gasteiger partial charge on any atom is 0.0642 e. The Hall–Kier alpha value is -0.730. The van der Waals surface area contributed by atoms with E-state index in [1.807, 2.05) is 19.1 Å². The van der Waals surface area contributed by atoms with E-state index in [-0.39, 0.29) is 6.04 Å². The standard InChI is InChI=1S/C16H25ClN2/c1-11(2)14-7-8-19(10-14)16-13(9-12(3)18)5-4-6-15(16)17/h4-6,11-12,14H,7-10,18H2,1-3H3. The van der Waals surface area contributed by atoms with Crippen molar-refractivity contribution < 1.29 is 0 Å². The fourth-order valence-electron chi connectivity index (χ4n) is 2.96. The van der Waals surface area contributed by atoms with Gasteiger partial charge < -0.3 is 10.6 Å². The highest BCUT2D eigenvalue weighted by Crippen LogP contribution is 2.35. The molecule has 0 spiro atoms. The minimum absolute atomic E-state index is 0.167. The Labute approximate surface area is 121 Å². The number of nitrogens with zero attached hydrogens (tertiary/aromatic N) is 1. The summed E-state index contributed by atoms with van der Waals surface area (Å²) in [7, 11) is 0. The van der Waals surface area contributed by atoms with Crippen molar-refractivity contribution in [3.05, 3.63) is 28.8 Å². The third-order valence-electron chi connectivity index (χ3n) is 4.10. The molecule has 1 heterocycles. The predicted octanol–water partition coefficient (Wildman–Crippen LogP) is 3.71. The van der Waals surface area contributed by atoms with Gasteiger partial charge in [0.05, 0.1) is 10.7 Å². The molecule has 2 atom stereocenters. The molecule has 2 nitrogen and oxygen atoms in total. The minimum atomic E-state index is 0.167. The first-order valence-corrected chi connectivity index (χ1v) is 7.64. The van der Waals surface area contributed by atoms with Gasteiger partial charge in [-0.05, 0) is 43.2 Å². The molecule has 0 aliphatic carbocycles. The zero-order chi connectivity index (χ0) is 14.0. The average Bonchev–Trinajstić information content (AvgIpc) is 2.77. The monoisotopic (exact) mass is 280 g/mol. The van der Waals surface area contributed by atoms with Crippen LogP contribution in [0.5, 0.6) is 0 Å². The molecule has 1 aromatic rings. The number of anilines is 1. The highest BCUT2D eigenvalue weighted by molar-refractivity contribution is 6.33. The van der Waals surface area contributed by atoms with Crippen LogP contribution in [0.25, 0.3) is 0 Å². The Morgan fingerprint density at radius 2 is 2.11 bits per heavy atom. The van der Waals surface area contributed by atoms with E-state index in [9.17, 15) is 0 Å². The molecule has 0 radical (unpaired) electrons. The lowest BCUT2D eigenvalue weighted by Crippen LogP contribution is -2.25. The topological polar surface area (TPSA) is 29.3 Å². The lowest BCUT2D eigenvalue weighted by atomic mass is 9.95. The summed E-state index contributed by atoms with van der Waals surface area (Å²) in [5, 5.41) is 0.863. The first-order valence-electron chi connectivity index (χ1n) is 7.27. The fourth-order valence-corrected chi connectivity index (χ4v) is 3.27. The molecule has 1 aliphatic heterocycles. The zero-order valence-electron chi connectivity index (χ0n) is 12.2. The SMILES string of the molecule is CC(N)Cc1cccc(Cl)c1N1CCC(C(C)C)C1. The molecular weight excluding hydrogens is 256 g/mol. The Balaban J connectivity index is 2.24. The van der Waals surface area contributed by atoms with Crippen LogP contribution in [-0.4, -0.2) is 19.1 Å². The summed E-state index contributed by atoms with van der Waals surface area (Å²) in [5.74, 6) is 1.52. The molecule has 1 fully saturated rings. The van der Waals surface area contributed by atoms with E-state index in [4.69, 9.17) is 17.3 Å². The Bertz CT molecular complexity index is 429. The summed E-state index contributed by atoms with van der Waals surface area (Å²) in [6, 6.07) is 6.35. The number of benzene rings is 1. The van der Waals surface area contributed by atoms with Crippen LogP contribution in [0.3, 0.4) is 0 Å². The largest absolute Gasteiger partial charge is 0.370 e. The van der Waals surface area contributed by atoms with Crippen molar-refractivity contribution in [2.75, 3.05) is 18.0 Å². The minimum Gasteiger partial charge on any atom is -0.370 e. The van der Waals surface area contributed by atoms with Gasteiger partial charge in [0.2, 0.25) is 0 Å². The van der Waals surface area contributed by atoms with Crippen LogP contribution >= 0.6 is 11.6 Å². The average molecular weight is 281 g/mol. The third-order valence-corrected chi connectivity index (χ3v) is 4.40. The summed E-state index contributed by atoms with van der Waals surface area (Å²) in [5.41, 5.74) is 8.45. The van der Waals surface area contributed by atoms with Gasteiger partial charge >= 0.3 is 0 Å². The second kappa shape index (κ2) is 6.15. The van der Waals surface area contributed by atoms with Gasteiger partial charge in [0.25, 0.3) is 0 Å². The molecule has 3 heteroatoms. The second-order valence-electron chi connectivity index (χ2n) is 6.17. The summed E-state index contributed by atoms with van der Waals surface area (Å²) < 4.78 is 0. The lowest BCUT2D eigenvalue weighted by molar-refractivity contribution is 0.422. The molecule has 0 amide bonds. The highest BCUT2D eigenvalue weighted by atomic mass is 35.5. The van der Waals surface area contributed by atoms with Crippen LogP contribution < -0.4 is 10.6 Å². The van der Waals surface area contributed by atoms with E-state index in [1.54, 1.807) is 0 Å². The van der Waals surface area contributed by atoms with Gasteiger partial charge in [0.15, 0.2) is 0 Å². The first-order chi connectivity index (χ1) is 8.99. The molecule has 0 saturated carbocycles. The van der Waals surface area contributed by atoms with Crippen molar-refractivity contribution in [3.8, 4) is 0 Å². The van der Waals surface area contributed by atoms with Crippen LogP contribution in [0.1, 0.15) is 32.8 Å². The maximum atomic E-state index is 6.44. The molecule has 19 heavy (non-hydrogen) atoms. The molecule has 106 valence electrons. The van der Waals surface area contributed by atoms with Gasteiger partial charge in [0.1, 0.15) is 0 Å². The van der Waals surface area contributed by atoms with Gasteiger partial charge in [-0.3, -0.25) is 0 Å². The molecule has 0 aromatic heterocycles. The summed E-state index contributed by atoms with van der Waals surface area (Å²) in [6.45, 7) is 8.89. The van der Waals surface area contributed by atoms with Crippen molar-refractivity contribution in [1.29, 1.82) is 0 Å². The predicted molar refractivity (Wildman–Crippen MR) is 84.0 cm³/mol. The van der Waals surface area contributed by atoms with E-state index in [0.717, 1.165) is 36.4 Å². The van der Waals surface area contributed by atoms with E-state index in [1.165, 1.54) is 17.7 Å². The summed E-state index contributed by atoms with van der Waals surface area (Å²) in [6.07, 6.45) is 2.15. The normalized spacial score (nSPS) is 21.2. The Morgan fingerprint density at radius 1 is 1.37 bits per heavy atom. The van der Waals surface area contributed by atoms with Crippen molar-refractivity contribution >= 4 is 17.3 Å². The zero-order valence-corrected chi connectivity index (χ0v) is 13.0. The van der Waals surface area contributed by atoms with Gasteiger partial charge in [-0.25, -0.2) is 0 Å². The number of hydrogen-bond acceptors (Lipinski definition) is 2. The van der Waals surface area contributed by atoms with Crippen LogP contribution in [0.4, 0.5) is 5.69 Å². The quantitative estimate of drug-likeness (QED) is 0.911. The van der Waals surface area contributed by atoms with Gasteiger partial charge in [-0.2, -0.15) is 0 Å². The van der Waals surface area contributed by atoms with E-state index >= 15 is 0 Å². The first kappa shape index (κ1) is 14.7. The van der Waals surface area contributed by atoms with Crippen LogP contribution in [0.2, 0.25) is 5.02 Å². The van der Waals surface area contributed by atoms with Gasteiger partial charge in [-0.15, -0.1) is 0 Å². The van der Waals surface area contributed by atoms with E-state index in [0.29, 0.717) is 0 Å². The van der Waals surface area contributed by atoms with Gasteiger partial charge in [-0.1, -0.05) is 37.6 Å². The molecule has 1 aromatic carbocycles. The number of nitrogens with two attached hydrogens (primary N) is 1. The summed E-state index contributed by atoms with van der Waals surface area (Å²) in [4.78, 5) is 2.45. The fraction of sp³-hybridized carbons (Fsp3) is 0.625. The molecule has 1 aliphatic rings. The number of para-hydroxylation sites is 1. The number of halogens is 1. The van der Waals surface area contributed by atoms with Crippen molar-refractivity contribution in [1.82, 2.24) is 0 Å².